The van der Waals surface area contributed by atoms with Crippen molar-refractivity contribution in [1.29, 1.82) is 0 Å². The van der Waals surface area contributed by atoms with Crippen LogP contribution in [0.15, 0.2) is 30.5 Å². The summed E-state index contributed by atoms with van der Waals surface area (Å²) in [6.07, 6.45) is 1.54. The Kier molecular flexibility index (Phi) is 6.21. The Balaban J connectivity index is 0.00000117. The first-order valence-electron chi connectivity index (χ1n) is 8.17. The van der Waals surface area contributed by atoms with E-state index in [9.17, 15) is 9.18 Å². The molecular weight excluding hydrogens is 357 g/mol. The van der Waals surface area contributed by atoms with E-state index in [0.29, 0.717) is 22.6 Å². The molecule has 2 aromatic heterocycles. The highest BCUT2D eigenvalue weighted by Gasteiger charge is 2.22. The molecule has 0 fully saturated rings. The first-order chi connectivity index (χ1) is 12.4. The van der Waals surface area contributed by atoms with Crippen LogP contribution >= 0.6 is 11.6 Å². The fourth-order valence-corrected chi connectivity index (χ4v) is 2.79. The molecule has 3 rings (SSSR count). The number of nitrogens with one attached hydrogen (secondary N) is 1. The summed E-state index contributed by atoms with van der Waals surface area (Å²) < 4.78 is 21.0. The van der Waals surface area contributed by atoms with Crippen LogP contribution in [0.4, 0.5) is 15.9 Å². The topological polar surface area (TPSA) is 56.1 Å². The van der Waals surface area contributed by atoms with E-state index >= 15 is 0 Å². The highest BCUT2D eigenvalue weighted by atomic mass is 35.5. The molecule has 1 aromatic carbocycles. The van der Waals surface area contributed by atoms with Gasteiger partial charge in [-0.2, -0.15) is 0 Å². The number of carbonyl (C=O) groups excluding carboxylic acids is 1. The predicted molar refractivity (Wildman–Crippen MR) is 103 cm³/mol. The van der Waals surface area contributed by atoms with Gasteiger partial charge in [0, 0.05) is 12.4 Å². The van der Waals surface area contributed by atoms with Crippen molar-refractivity contribution in [2.45, 2.75) is 20.8 Å². The molecule has 0 radical (unpaired) electrons. The Hall–Kier alpha value is -2.60. The van der Waals surface area contributed by atoms with E-state index < -0.39 is 11.1 Å². The van der Waals surface area contributed by atoms with Crippen molar-refractivity contribution >= 4 is 39.4 Å². The second-order valence-corrected chi connectivity index (χ2v) is 5.75. The summed E-state index contributed by atoms with van der Waals surface area (Å²) >= 11 is 5.77. The summed E-state index contributed by atoms with van der Waals surface area (Å²) in [7, 11) is 3.23. The van der Waals surface area contributed by atoms with E-state index in [-0.39, 0.29) is 11.3 Å². The van der Waals surface area contributed by atoms with Gasteiger partial charge in [-0.1, -0.05) is 19.9 Å². The van der Waals surface area contributed by atoms with Gasteiger partial charge in [-0.3, -0.25) is 4.79 Å². The standard InChI is InChI=1S/C17H15ClFN3O2.C2H6/c1-9-4-5-13(12(19)6-9)21-17-14(15(18)23)11-7-10(24-3)8-20-16(11)22(17)2;1-2/h4-8,21H,1-3H3;1-2H3. The fourth-order valence-electron chi connectivity index (χ4n) is 2.60. The van der Waals surface area contributed by atoms with Crippen LogP contribution in [-0.2, 0) is 7.05 Å². The SMILES string of the molecule is CC.COc1cnc2c(c1)c(C(=O)Cl)c(Nc1ccc(C)cc1F)n2C. The monoisotopic (exact) mass is 377 g/mol. The molecule has 7 heteroatoms. The van der Waals surface area contributed by atoms with E-state index in [4.69, 9.17) is 16.3 Å². The van der Waals surface area contributed by atoms with Crippen LogP contribution in [0.25, 0.3) is 11.0 Å². The zero-order valence-corrected chi connectivity index (χ0v) is 16.1. The molecular formula is C19H21ClFN3O2. The van der Waals surface area contributed by atoms with Gasteiger partial charge in [-0.15, -0.1) is 0 Å². The minimum Gasteiger partial charge on any atom is -0.495 e. The summed E-state index contributed by atoms with van der Waals surface area (Å²) in [5.74, 6) is 0.451. The van der Waals surface area contributed by atoms with Crippen molar-refractivity contribution in [2.24, 2.45) is 7.05 Å². The lowest BCUT2D eigenvalue weighted by molar-refractivity contribution is 0.108. The van der Waals surface area contributed by atoms with E-state index in [1.165, 1.54) is 13.2 Å². The van der Waals surface area contributed by atoms with Gasteiger partial charge in [-0.25, -0.2) is 9.37 Å². The lowest BCUT2D eigenvalue weighted by atomic mass is 10.2. The maximum Gasteiger partial charge on any atom is 0.256 e. The molecule has 0 aliphatic rings. The van der Waals surface area contributed by atoms with Gasteiger partial charge in [0.15, 0.2) is 0 Å². The second-order valence-electron chi connectivity index (χ2n) is 5.41. The maximum absolute atomic E-state index is 14.1. The summed E-state index contributed by atoms with van der Waals surface area (Å²) in [4.78, 5) is 16.3. The van der Waals surface area contributed by atoms with Crippen molar-refractivity contribution in [3.63, 3.8) is 0 Å². The number of halogens is 2. The Bertz CT molecular complexity index is 954. The Morgan fingerprint density at radius 2 is 2.00 bits per heavy atom. The van der Waals surface area contributed by atoms with Crippen molar-refractivity contribution in [1.82, 2.24) is 9.55 Å². The van der Waals surface area contributed by atoms with Crippen LogP contribution in [0.1, 0.15) is 29.8 Å². The van der Waals surface area contributed by atoms with Gasteiger partial charge >= 0.3 is 0 Å². The fraction of sp³-hybridized carbons (Fsp3) is 0.263. The number of hydrogen-bond acceptors (Lipinski definition) is 4. The number of methoxy groups -OCH3 is 1. The molecule has 0 atom stereocenters. The van der Waals surface area contributed by atoms with Gasteiger partial charge in [0.1, 0.15) is 23.0 Å². The number of carbonyl (C=O) groups is 1. The number of fused-ring (bicyclic) bond motifs is 1. The second kappa shape index (κ2) is 8.19. The Labute approximate surface area is 156 Å². The molecule has 138 valence electrons. The van der Waals surface area contributed by atoms with Crippen molar-refractivity contribution in [3.8, 4) is 5.75 Å². The van der Waals surface area contributed by atoms with Gasteiger partial charge in [0.2, 0.25) is 0 Å². The van der Waals surface area contributed by atoms with Crippen LogP contribution in [0.3, 0.4) is 0 Å². The molecule has 0 aliphatic heterocycles. The Morgan fingerprint density at radius 1 is 1.31 bits per heavy atom. The van der Waals surface area contributed by atoms with Crippen molar-refractivity contribution in [2.75, 3.05) is 12.4 Å². The number of benzene rings is 1. The Morgan fingerprint density at radius 3 is 2.58 bits per heavy atom. The van der Waals surface area contributed by atoms with E-state index in [0.717, 1.165) is 5.56 Å². The van der Waals surface area contributed by atoms with Crippen molar-refractivity contribution in [3.05, 3.63) is 47.4 Å². The third-order valence-corrected chi connectivity index (χ3v) is 4.00. The van der Waals surface area contributed by atoms with Crippen LogP contribution in [-0.4, -0.2) is 21.9 Å². The number of aromatic nitrogens is 2. The highest BCUT2D eigenvalue weighted by Crippen LogP contribution is 2.34. The lowest BCUT2D eigenvalue weighted by Crippen LogP contribution is -2.03. The normalized spacial score (nSPS) is 10.3. The molecule has 1 N–H and O–H groups in total. The average Bonchev–Trinajstić information content (AvgIpc) is 2.90. The van der Waals surface area contributed by atoms with Crippen molar-refractivity contribution < 1.29 is 13.9 Å². The van der Waals surface area contributed by atoms with Gasteiger partial charge in [-0.05, 0) is 42.3 Å². The largest absolute Gasteiger partial charge is 0.495 e. The summed E-state index contributed by atoms with van der Waals surface area (Å²) in [5, 5.41) is 2.82. The van der Waals surface area contributed by atoms with Crippen LogP contribution in [0, 0.1) is 12.7 Å². The molecule has 3 aromatic rings. The number of nitrogens with zero attached hydrogens (tertiary/aromatic N) is 2. The van der Waals surface area contributed by atoms with Gasteiger partial charge in [0.05, 0.1) is 24.6 Å². The van der Waals surface area contributed by atoms with E-state index in [1.807, 2.05) is 13.8 Å². The first-order valence-corrected chi connectivity index (χ1v) is 8.55. The smallest absolute Gasteiger partial charge is 0.256 e. The lowest BCUT2D eigenvalue weighted by Gasteiger charge is -2.10. The number of rotatable bonds is 4. The first kappa shape index (κ1) is 19.7. The maximum atomic E-state index is 14.1. The average molecular weight is 378 g/mol. The third kappa shape index (κ3) is 3.65. The van der Waals surface area contributed by atoms with Crippen LogP contribution < -0.4 is 10.1 Å². The molecule has 0 saturated carbocycles. The van der Waals surface area contributed by atoms with Gasteiger partial charge < -0.3 is 14.6 Å². The van der Waals surface area contributed by atoms with E-state index in [1.54, 1.807) is 42.9 Å². The number of ether oxygens (including phenoxy) is 1. The summed E-state index contributed by atoms with van der Waals surface area (Å²) in [6, 6.07) is 6.47. The van der Waals surface area contributed by atoms with Gasteiger partial charge in [0.25, 0.3) is 5.24 Å². The van der Waals surface area contributed by atoms with Crippen LogP contribution in [0.5, 0.6) is 5.75 Å². The number of aryl methyl sites for hydroxylation is 2. The molecule has 0 aliphatic carbocycles. The molecule has 0 spiro atoms. The minimum atomic E-state index is -0.661. The number of anilines is 2. The highest BCUT2D eigenvalue weighted by molar-refractivity contribution is 6.69. The summed E-state index contributed by atoms with van der Waals surface area (Å²) in [5.41, 5.74) is 1.81. The molecule has 0 saturated heterocycles. The number of hydrogen-bond donors (Lipinski definition) is 1. The minimum absolute atomic E-state index is 0.223. The zero-order valence-electron chi connectivity index (χ0n) is 15.4. The molecule has 0 unspecified atom stereocenters. The third-order valence-electron chi connectivity index (χ3n) is 3.81. The molecule has 2 heterocycles. The molecule has 5 nitrogen and oxygen atoms in total. The molecule has 26 heavy (non-hydrogen) atoms. The zero-order chi connectivity index (χ0) is 19.4. The predicted octanol–water partition coefficient (Wildman–Crippen LogP) is 5.18. The van der Waals surface area contributed by atoms with Crippen LogP contribution in [0.2, 0.25) is 0 Å². The molecule has 0 amide bonds. The number of pyridine rings is 1. The summed E-state index contributed by atoms with van der Waals surface area (Å²) in [6.45, 7) is 5.80. The quantitative estimate of drug-likeness (QED) is 0.636. The molecule has 0 bridgehead atoms. The van der Waals surface area contributed by atoms with E-state index in [2.05, 4.69) is 10.3 Å².